The molecule has 0 aliphatic carbocycles. The SMILES string of the molecule is Cc1cc(C)cc(C(=O)N2CCC(/C(N)=C/CCc3ccccc3)C[C@H]2Cc2ccccc2)c1. The first-order valence-electron chi connectivity index (χ1n) is 12.4. The fourth-order valence-electron chi connectivity index (χ4n) is 5.18. The maximum Gasteiger partial charge on any atom is 0.254 e. The van der Waals surface area contributed by atoms with Crippen LogP contribution >= 0.6 is 0 Å². The topological polar surface area (TPSA) is 46.3 Å². The van der Waals surface area contributed by atoms with Gasteiger partial charge in [-0.1, -0.05) is 83.9 Å². The molecule has 2 N–H and O–H groups in total. The number of benzene rings is 3. The second-order valence-corrected chi connectivity index (χ2v) is 9.67. The summed E-state index contributed by atoms with van der Waals surface area (Å²) in [6, 6.07) is 27.3. The maximum absolute atomic E-state index is 13.6. The molecule has 3 heteroatoms. The Hall–Kier alpha value is -3.33. The van der Waals surface area contributed by atoms with E-state index in [9.17, 15) is 4.79 Å². The Bertz CT molecular complexity index is 1100. The number of nitrogens with zero attached hydrogens (tertiary/aromatic N) is 1. The molecule has 1 unspecified atom stereocenters. The summed E-state index contributed by atoms with van der Waals surface area (Å²) in [5, 5.41) is 0. The summed E-state index contributed by atoms with van der Waals surface area (Å²) in [4.78, 5) is 15.7. The minimum absolute atomic E-state index is 0.135. The minimum Gasteiger partial charge on any atom is -0.402 e. The predicted molar refractivity (Wildman–Crippen MR) is 141 cm³/mol. The molecule has 34 heavy (non-hydrogen) atoms. The number of carbonyl (C=O) groups is 1. The summed E-state index contributed by atoms with van der Waals surface area (Å²) < 4.78 is 0. The van der Waals surface area contributed by atoms with Crippen LogP contribution < -0.4 is 5.73 Å². The van der Waals surface area contributed by atoms with E-state index in [1.807, 2.05) is 24.3 Å². The number of piperidine rings is 1. The molecule has 1 saturated heterocycles. The molecule has 1 aliphatic heterocycles. The van der Waals surface area contributed by atoms with Gasteiger partial charge in [0.1, 0.15) is 0 Å². The van der Waals surface area contributed by atoms with Crippen molar-refractivity contribution >= 4 is 5.91 Å². The molecule has 3 aromatic carbocycles. The van der Waals surface area contributed by atoms with Gasteiger partial charge in [-0.25, -0.2) is 0 Å². The average molecular weight is 453 g/mol. The molecule has 1 heterocycles. The third-order valence-electron chi connectivity index (χ3n) is 6.89. The monoisotopic (exact) mass is 452 g/mol. The van der Waals surface area contributed by atoms with E-state index < -0.39 is 0 Å². The van der Waals surface area contributed by atoms with Crippen LogP contribution in [0.1, 0.15) is 51.9 Å². The summed E-state index contributed by atoms with van der Waals surface area (Å²) in [7, 11) is 0. The molecule has 1 amide bonds. The first-order chi connectivity index (χ1) is 16.5. The molecule has 0 bridgehead atoms. The Morgan fingerprint density at radius 2 is 1.56 bits per heavy atom. The average Bonchev–Trinajstić information content (AvgIpc) is 2.84. The molecule has 0 saturated carbocycles. The smallest absolute Gasteiger partial charge is 0.254 e. The van der Waals surface area contributed by atoms with Crippen LogP contribution in [0.15, 0.2) is 90.6 Å². The minimum atomic E-state index is 0.135. The van der Waals surface area contributed by atoms with Crippen LogP contribution in [-0.2, 0) is 12.8 Å². The van der Waals surface area contributed by atoms with Gasteiger partial charge in [-0.15, -0.1) is 0 Å². The quantitative estimate of drug-likeness (QED) is 0.461. The highest BCUT2D eigenvalue weighted by Crippen LogP contribution is 2.30. The van der Waals surface area contributed by atoms with Crippen molar-refractivity contribution in [1.82, 2.24) is 4.90 Å². The van der Waals surface area contributed by atoms with Gasteiger partial charge in [0.2, 0.25) is 0 Å². The number of amides is 1. The second kappa shape index (κ2) is 11.2. The molecule has 1 aliphatic rings. The number of likely N-dealkylation sites (tertiary alicyclic amines) is 1. The third kappa shape index (κ3) is 6.17. The number of rotatable bonds is 7. The number of hydrogen-bond donors (Lipinski definition) is 1. The summed E-state index contributed by atoms with van der Waals surface area (Å²) in [5.74, 6) is 0.450. The van der Waals surface area contributed by atoms with Crippen LogP contribution in [0.5, 0.6) is 0 Å². The molecule has 4 rings (SSSR count). The lowest BCUT2D eigenvalue weighted by Crippen LogP contribution is -2.48. The van der Waals surface area contributed by atoms with E-state index in [0.29, 0.717) is 5.92 Å². The first-order valence-corrected chi connectivity index (χ1v) is 12.4. The van der Waals surface area contributed by atoms with Crippen molar-refractivity contribution < 1.29 is 4.79 Å². The lowest BCUT2D eigenvalue weighted by Gasteiger charge is -2.40. The summed E-state index contributed by atoms with van der Waals surface area (Å²) >= 11 is 0. The maximum atomic E-state index is 13.6. The van der Waals surface area contributed by atoms with Crippen LogP contribution in [0.2, 0.25) is 0 Å². The van der Waals surface area contributed by atoms with Crippen molar-refractivity contribution in [2.75, 3.05) is 6.54 Å². The Morgan fingerprint density at radius 1 is 0.941 bits per heavy atom. The normalized spacial score (nSPS) is 18.6. The van der Waals surface area contributed by atoms with Gasteiger partial charge < -0.3 is 10.6 Å². The van der Waals surface area contributed by atoms with E-state index in [-0.39, 0.29) is 11.9 Å². The zero-order valence-electron chi connectivity index (χ0n) is 20.4. The number of hydrogen-bond acceptors (Lipinski definition) is 2. The van der Waals surface area contributed by atoms with Gasteiger partial charge in [-0.2, -0.15) is 0 Å². The fourth-order valence-corrected chi connectivity index (χ4v) is 5.18. The Balaban J connectivity index is 1.49. The molecule has 3 nitrogen and oxygen atoms in total. The van der Waals surface area contributed by atoms with Gasteiger partial charge in [0, 0.05) is 29.8 Å². The van der Waals surface area contributed by atoms with Crippen molar-refractivity contribution in [3.05, 3.63) is 118 Å². The van der Waals surface area contributed by atoms with Crippen LogP contribution in [-0.4, -0.2) is 23.4 Å². The zero-order chi connectivity index (χ0) is 23.9. The molecule has 0 aromatic heterocycles. The van der Waals surface area contributed by atoms with Gasteiger partial charge in [0.15, 0.2) is 0 Å². The highest BCUT2D eigenvalue weighted by atomic mass is 16.2. The van der Waals surface area contributed by atoms with E-state index >= 15 is 0 Å². The van der Waals surface area contributed by atoms with E-state index in [1.165, 1.54) is 11.1 Å². The highest BCUT2D eigenvalue weighted by Gasteiger charge is 2.33. The van der Waals surface area contributed by atoms with E-state index in [1.54, 1.807) is 0 Å². The van der Waals surface area contributed by atoms with Gasteiger partial charge in [0.05, 0.1) is 0 Å². The number of allylic oxidation sites excluding steroid dienone is 2. The van der Waals surface area contributed by atoms with Crippen molar-refractivity contribution in [2.45, 2.75) is 52.0 Å². The van der Waals surface area contributed by atoms with Crippen LogP contribution in [0.25, 0.3) is 0 Å². The molecule has 3 aromatic rings. The zero-order valence-corrected chi connectivity index (χ0v) is 20.4. The van der Waals surface area contributed by atoms with Crippen LogP contribution in [0, 0.1) is 19.8 Å². The Labute approximate surface area is 204 Å². The van der Waals surface area contributed by atoms with Crippen molar-refractivity contribution in [3.8, 4) is 0 Å². The van der Waals surface area contributed by atoms with Gasteiger partial charge in [-0.3, -0.25) is 4.79 Å². The molecule has 0 radical (unpaired) electrons. The number of aryl methyl sites for hydroxylation is 3. The van der Waals surface area contributed by atoms with E-state index in [2.05, 4.69) is 79.4 Å². The van der Waals surface area contributed by atoms with Gasteiger partial charge >= 0.3 is 0 Å². The number of carbonyl (C=O) groups excluding carboxylic acids is 1. The summed E-state index contributed by atoms with van der Waals surface area (Å²) in [6.07, 6.45) is 6.82. The van der Waals surface area contributed by atoms with Crippen molar-refractivity contribution in [1.29, 1.82) is 0 Å². The molecular weight excluding hydrogens is 416 g/mol. The second-order valence-electron chi connectivity index (χ2n) is 9.67. The van der Waals surface area contributed by atoms with E-state index in [4.69, 9.17) is 5.73 Å². The third-order valence-corrected chi connectivity index (χ3v) is 6.89. The Morgan fingerprint density at radius 3 is 2.21 bits per heavy atom. The number of nitrogens with two attached hydrogens (primary N) is 1. The standard InChI is InChI=1S/C31H36N2O/c1-23-18-24(2)20-28(19-23)31(34)33-17-16-27(22-29(33)21-26-12-7-4-8-13-26)30(32)15-9-14-25-10-5-3-6-11-25/h3-8,10-13,15,18-20,27,29H,9,14,16-17,21-22,32H2,1-2H3/b30-15-/t27?,29-/m1/s1. The highest BCUT2D eigenvalue weighted by molar-refractivity contribution is 5.95. The molecule has 176 valence electrons. The van der Waals surface area contributed by atoms with Crippen LogP contribution in [0.3, 0.4) is 0 Å². The Kier molecular flexibility index (Phi) is 7.84. The summed E-state index contributed by atoms with van der Waals surface area (Å²) in [5.41, 5.74) is 13.2. The largest absolute Gasteiger partial charge is 0.402 e. The van der Waals surface area contributed by atoms with E-state index in [0.717, 1.165) is 61.0 Å². The van der Waals surface area contributed by atoms with Crippen LogP contribution in [0.4, 0.5) is 0 Å². The lowest BCUT2D eigenvalue weighted by molar-refractivity contribution is 0.0569. The molecule has 1 fully saturated rings. The fraction of sp³-hybridized carbons (Fsp3) is 0.323. The first kappa shape index (κ1) is 23.8. The molecule has 0 spiro atoms. The van der Waals surface area contributed by atoms with Gasteiger partial charge in [0.25, 0.3) is 5.91 Å². The predicted octanol–water partition coefficient (Wildman–Crippen LogP) is 6.24. The van der Waals surface area contributed by atoms with Crippen molar-refractivity contribution in [2.24, 2.45) is 11.7 Å². The molecular formula is C31H36N2O. The molecule has 2 atom stereocenters. The lowest BCUT2D eigenvalue weighted by atomic mass is 9.84. The van der Waals surface area contributed by atoms with Crippen molar-refractivity contribution in [3.63, 3.8) is 0 Å². The van der Waals surface area contributed by atoms with Gasteiger partial charge in [-0.05, 0) is 69.2 Å². The summed E-state index contributed by atoms with van der Waals surface area (Å²) in [6.45, 7) is 4.85.